The highest BCUT2D eigenvalue weighted by molar-refractivity contribution is 9.08. The highest BCUT2D eigenvalue weighted by Gasteiger charge is 2.06. The summed E-state index contributed by atoms with van der Waals surface area (Å²) >= 11 is 3.34. The Balaban J connectivity index is 3.04. The van der Waals surface area contributed by atoms with Crippen LogP contribution in [0.2, 0.25) is 0 Å². The van der Waals surface area contributed by atoms with Crippen LogP contribution in [0.15, 0.2) is 24.3 Å². The van der Waals surface area contributed by atoms with E-state index in [9.17, 15) is 4.79 Å². The molecule has 0 saturated heterocycles. The maximum atomic E-state index is 11.3. The zero-order valence-corrected chi connectivity index (χ0v) is 8.47. The molecule has 1 aromatic carbocycles. The third-order valence-corrected chi connectivity index (χ3v) is 2.29. The van der Waals surface area contributed by atoms with Gasteiger partial charge < -0.3 is 0 Å². The molecule has 0 spiro atoms. The van der Waals surface area contributed by atoms with Crippen molar-refractivity contribution in [3.8, 4) is 0 Å². The highest BCUT2D eigenvalue weighted by atomic mass is 79.9. The number of Topliss-reactive ketones (excluding diaryl/α,β-unsaturated/α-hetero) is 1. The first-order valence-electron chi connectivity index (χ1n) is 3.77. The maximum absolute atomic E-state index is 11.3. The normalized spacial score (nSPS) is 9.83. The van der Waals surface area contributed by atoms with Gasteiger partial charge in [-0.2, -0.15) is 0 Å². The van der Waals surface area contributed by atoms with Gasteiger partial charge >= 0.3 is 0 Å². The van der Waals surface area contributed by atoms with Crippen LogP contribution in [0.4, 0.5) is 0 Å². The predicted molar refractivity (Wildman–Crippen MR) is 53.4 cm³/mol. The van der Waals surface area contributed by atoms with Crippen LogP contribution in [0.25, 0.3) is 0 Å². The second kappa shape index (κ2) is 4.41. The molecular weight excluding hydrogens is 216 g/mol. The Morgan fingerprint density at radius 3 is 2.75 bits per heavy atom. The minimum atomic E-state index is 0.0880. The molecule has 12 heavy (non-hydrogen) atoms. The smallest absolute Gasteiger partial charge is 0.166 e. The van der Waals surface area contributed by atoms with E-state index in [1.54, 1.807) is 13.3 Å². The van der Waals surface area contributed by atoms with E-state index in [1.807, 2.05) is 24.3 Å². The lowest BCUT2D eigenvalue weighted by Crippen LogP contribution is -2.00. The average molecular weight is 226 g/mol. The van der Waals surface area contributed by atoms with Crippen molar-refractivity contribution in [3.05, 3.63) is 41.8 Å². The third-order valence-electron chi connectivity index (χ3n) is 1.69. The molecule has 0 aliphatic rings. The van der Waals surface area contributed by atoms with Crippen LogP contribution in [0.5, 0.6) is 0 Å². The van der Waals surface area contributed by atoms with E-state index in [2.05, 4.69) is 15.9 Å². The quantitative estimate of drug-likeness (QED) is 0.572. The van der Waals surface area contributed by atoms with Crippen molar-refractivity contribution in [1.82, 2.24) is 0 Å². The number of hydrogen-bond donors (Lipinski definition) is 0. The summed E-state index contributed by atoms with van der Waals surface area (Å²) < 4.78 is 0. The molecule has 0 bridgehead atoms. The lowest BCUT2D eigenvalue weighted by Gasteiger charge is -2.02. The van der Waals surface area contributed by atoms with Gasteiger partial charge in [0.15, 0.2) is 5.78 Å². The topological polar surface area (TPSA) is 17.1 Å². The number of hydrogen-bond acceptors (Lipinski definition) is 1. The largest absolute Gasteiger partial charge is 0.294 e. The number of benzene rings is 1. The summed E-state index contributed by atoms with van der Waals surface area (Å²) in [5.74, 6) is 0.0880. The van der Waals surface area contributed by atoms with E-state index < -0.39 is 0 Å². The minimum absolute atomic E-state index is 0.0880. The van der Waals surface area contributed by atoms with E-state index in [4.69, 9.17) is 0 Å². The Hall–Kier alpha value is -0.630. The Kier molecular flexibility index (Phi) is 3.48. The van der Waals surface area contributed by atoms with Crippen LogP contribution in [0.3, 0.4) is 0 Å². The van der Waals surface area contributed by atoms with E-state index >= 15 is 0 Å². The summed E-state index contributed by atoms with van der Waals surface area (Å²) in [6.45, 7) is 1.76. The van der Waals surface area contributed by atoms with Crippen molar-refractivity contribution in [3.63, 3.8) is 0 Å². The average Bonchev–Trinajstić information content (AvgIpc) is 2.16. The fourth-order valence-corrected chi connectivity index (χ4v) is 1.52. The van der Waals surface area contributed by atoms with E-state index in [0.717, 1.165) is 16.5 Å². The highest BCUT2D eigenvalue weighted by Crippen LogP contribution is 2.13. The fraction of sp³-hybridized carbons (Fsp3) is 0.200. The summed E-state index contributed by atoms with van der Waals surface area (Å²) in [5, 5.41) is 0.725. The second-order valence-corrected chi connectivity index (χ2v) is 3.00. The molecule has 0 aliphatic carbocycles. The van der Waals surface area contributed by atoms with Crippen molar-refractivity contribution in [2.45, 2.75) is 12.3 Å². The monoisotopic (exact) mass is 225 g/mol. The van der Waals surface area contributed by atoms with Gasteiger partial charge in [-0.25, -0.2) is 0 Å². The fourth-order valence-electron chi connectivity index (χ4n) is 1.03. The van der Waals surface area contributed by atoms with Gasteiger partial charge in [-0.1, -0.05) is 47.1 Å². The van der Waals surface area contributed by atoms with Crippen LogP contribution >= 0.6 is 15.9 Å². The molecular formula is C10H10BrO. The maximum Gasteiger partial charge on any atom is 0.166 e. The molecule has 63 valence electrons. The van der Waals surface area contributed by atoms with Crippen LogP contribution < -0.4 is 0 Å². The van der Waals surface area contributed by atoms with Crippen molar-refractivity contribution in [2.24, 2.45) is 0 Å². The second-order valence-electron chi connectivity index (χ2n) is 2.44. The molecule has 0 N–H and O–H groups in total. The Morgan fingerprint density at radius 2 is 2.17 bits per heavy atom. The lowest BCUT2D eigenvalue weighted by molar-refractivity contribution is 0.103. The number of alkyl halides is 1. The molecule has 0 amide bonds. The van der Waals surface area contributed by atoms with Gasteiger partial charge in [0, 0.05) is 17.3 Å². The number of halogens is 1. The molecule has 0 aliphatic heterocycles. The van der Waals surface area contributed by atoms with Crippen LogP contribution in [-0.2, 0) is 5.33 Å². The number of rotatable bonds is 3. The van der Waals surface area contributed by atoms with Crippen LogP contribution in [0.1, 0.15) is 22.8 Å². The van der Waals surface area contributed by atoms with E-state index in [1.165, 1.54) is 0 Å². The Bertz CT molecular complexity index is 281. The number of carbonyl (C=O) groups is 1. The first kappa shape index (κ1) is 9.46. The molecule has 1 aromatic rings. The van der Waals surface area contributed by atoms with Gasteiger partial charge in [-0.3, -0.25) is 4.79 Å². The minimum Gasteiger partial charge on any atom is -0.294 e. The molecule has 2 heteroatoms. The molecule has 0 fully saturated rings. The summed E-state index contributed by atoms with van der Waals surface area (Å²) in [6.07, 6.45) is 1.58. The van der Waals surface area contributed by atoms with E-state index in [-0.39, 0.29) is 5.78 Å². The molecule has 1 radical (unpaired) electrons. The molecule has 0 saturated carbocycles. The van der Waals surface area contributed by atoms with Crippen LogP contribution in [-0.4, -0.2) is 5.78 Å². The van der Waals surface area contributed by atoms with E-state index in [0.29, 0.717) is 0 Å². The van der Waals surface area contributed by atoms with Gasteiger partial charge in [0.1, 0.15) is 0 Å². The van der Waals surface area contributed by atoms with Crippen LogP contribution in [0, 0.1) is 6.42 Å². The SMILES string of the molecule is C[CH]C(=O)c1ccccc1CBr. The van der Waals surface area contributed by atoms with Crippen molar-refractivity contribution < 1.29 is 4.79 Å². The van der Waals surface area contributed by atoms with Gasteiger partial charge in [-0.05, 0) is 5.56 Å². The summed E-state index contributed by atoms with van der Waals surface area (Å²) in [6, 6.07) is 7.61. The predicted octanol–water partition coefficient (Wildman–Crippen LogP) is 2.99. The molecule has 1 rings (SSSR count). The molecule has 0 heterocycles. The first-order valence-corrected chi connectivity index (χ1v) is 4.89. The van der Waals surface area contributed by atoms with Gasteiger partial charge in [0.2, 0.25) is 0 Å². The first-order chi connectivity index (χ1) is 5.79. The zero-order valence-electron chi connectivity index (χ0n) is 6.88. The molecule has 0 unspecified atom stereocenters. The Labute approximate surface area is 80.9 Å². The standard InChI is InChI=1S/C10H10BrO/c1-2-10(12)9-6-4-3-5-8(9)7-11/h2-6H,7H2,1H3. The molecule has 1 nitrogen and oxygen atoms in total. The van der Waals surface area contributed by atoms with Gasteiger partial charge in [-0.15, -0.1) is 0 Å². The van der Waals surface area contributed by atoms with Crippen molar-refractivity contribution in [2.75, 3.05) is 0 Å². The Morgan fingerprint density at radius 1 is 1.50 bits per heavy atom. The molecule has 0 atom stereocenters. The van der Waals surface area contributed by atoms with Gasteiger partial charge in [0.05, 0.1) is 0 Å². The van der Waals surface area contributed by atoms with Crippen molar-refractivity contribution >= 4 is 21.7 Å². The number of carbonyl (C=O) groups excluding carboxylic acids is 1. The van der Waals surface area contributed by atoms with Crippen molar-refractivity contribution in [1.29, 1.82) is 0 Å². The zero-order chi connectivity index (χ0) is 8.97. The molecule has 0 aromatic heterocycles. The summed E-state index contributed by atoms with van der Waals surface area (Å²) in [7, 11) is 0. The van der Waals surface area contributed by atoms with Gasteiger partial charge in [0.25, 0.3) is 0 Å². The number of ketones is 1. The summed E-state index contributed by atoms with van der Waals surface area (Å²) in [5.41, 5.74) is 1.83. The third kappa shape index (κ3) is 1.95. The lowest BCUT2D eigenvalue weighted by atomic mass is 10.0. The summed E-state index contributed by atoms with van der Waals surface area (Å²) in [4.78, 5) is 11.3.